The molecule has 1 fully saturated rings. The number of rotatable bonds is 5. The van der Waals surface area contributed by atoms with E-state index in [2.05, 4.69) is 38.3 Å². The molecule has 1 unspecified atom stereocenters. The second kappa shape index (κ2) is 6.86. The van der Waals surface area contributed by atoms with Gasteiger partial charge in [0.1, 0.15) is 0 Å². The van der Waals surface area contributed by atoms with Gasteiger partial charge in [-0.25, -0.2) is 0 Å². The van der Waals surface area contributed by atoms with Crippen molar-refractivity contribution in [1.82, 2.24) is 14.8 Å². The minimum absolute atomic E-state index is 0.339. The Labute approximate surface area is 143 Å². The normalized spacial score (nSPS) is 17.7. The fourth-order valence-electron chi connectivity index (χ4n) is 2.68. The standard InChI is InChI=1S/C17H17N3OS2/c1-2-6-13(7-3-1)20-16(15-9-5-11-22-15)18-19-17(20)23-12-14-8-4-10-21-14/h1-3,5-7,9,11,14H,4,8,10,12H2. The summed E-state index contributed by atoms with van der Waals surface area (Å²) in [6.07, 6.45) is 2.65. The third kappa shape index (κ3) is 3.20. The first-order chi connectivity index (χ1) is 11.4. The van der Waals surface area contributed by atoms with Crippen LogP contribution in [-0.2, 0) is 4.74 Å². The Kier molecular flexibility index (Phi) is 4.46. The van der Waals surface area contributed by atoms with Gasteiger partial charge in [-0.15, -0.1) is 21.5 Å². The molecule has 4 rings (SSSR count). The van der Waals surface area contributed by atoms with Gasteiger partial charge in [0.05, 0.1) is 11.0 Å². The highest BCUT2D eigenvalue weighted by Crippen LogP contribution is 2.31. The van der Waals surface area contributed by atoms with E-state index in [0.29, 0.717) is 6.10 Å². The largest absolute Gasteiger partial charge is 0.377 e. The van der Waals surface area contributed by atoms with E-state index < -0.39 is 0 Å². The first-order valence-electron chi connectivity index (χ1n) is 7.71. The lowest BCUT2D eigenvalue weighted by Gasteiger charge is -2.11. The van der Waals surface area contributed by atoms with Crippen LogP contribution < -0.4 is 0 Å². The first kappa shape index (κ1) is 14.9. The molecule has 1 aliphatic rings. The zero-order valence-electron chi connectivity index (χ0n) is 12.6. The fraction of sp³-hybridized carbons (Fsp3) is 0.294. The van der Waals surface area contributed by atoms with E-state index in [1.165, 1.54) is 0 Å². The molecule has 2 aromatic heterocycles. The molecule has 0 radical (unpaired) electrons. The minimum Gasteiger partial charge on any atom is -0.377 e. The van der Waals surface area contributed by atoms with Crippen LogP contribution in [0.4, 0.5) is 0 Å². The highest BCUT2D eigenvalue weighted by Gasteiger charge is 2.20. The van der Waals surface area contributed by atoms with E-state index >= 15 is 0 Å². The van der Waals surface area contributed by atoms with Gasteiger partial charge in [0.2, 0.25) is 0 Å². The molecule has 3 heterocycles. The molecule has 6 heteroatoms. The van der Waals surface area contributed by atoms with E-state index in [9.17, 15) is 0 Å². The van der Waals surface area contributed by atoms with Gasteiger partial charge in [-0.2, -0.15) is 0 Å². The van der Waals surface area contributed by atoms with Crippen molar-refractivity contribution in [1.29, 1.82) is 0 Å². The Balaban J connectivity index is 1.68. The number of ether oxygens (including phenoxy) is 1. The van der Waals surface area contributed by atoms with Crippen molar-refractivity contribution < 1.29 is 4.74 Å². The SMILES string of the molecule is c1ccc(-n2c(SCC3CCCO3)nnc2-c2cccs2)cc1. The van der Waals surface area contributed by atoms with Gasteiger partial charge in [0.15, 0.2) is 11.0 Å². The molecule has 0 aliphatic carbocycles. The highest BCUT2D eigenvalue weighted by atomic mass is 32.2. The van der Waals surface area contributed by atoms with Crippen LogP contribution in [0.5, 0.6) is 0 Å². The molecule has 3 aromatic rings. The number of hydrogen-bond donors (Lipinski definition) is 0. The van der Waals surface area contributed by atoms with E-state index in [4.69, 9.17) is 4.74 Å². The van der Waals surface area contributed by atoms with Crippen molar-refractivity contribution in [3.8, 4) is 16.4 Å². The average Bonchev–Trinajstić information content (AvgIpc) is 3.33. The Morgan fingerprint density at radius 1 is 1.17 bits per heavy atom. The van der Waals surface area contributed by atoms with Crippen molar-refractivity contribution in [2.75, 3.05) is 12.4 Å². The quantitative estimate of drug-likeness (QED) is 0.649. The molecule has 4 nitrogen and oxygen atoms in total. The van der Waals surface area contributed by atoms with Crippen LogP contribution in [0.15, 0.2) is 53.0 Å². The molecule has 1 saturated heterocycles. The molecule has 118 valence electrons. The molecule has 0 bridgehead atoms. The highest BCUT2D eigenvalue weighted by molar-refractivity contribution is 7.99. The molecule has 0 amide bonds. The van der Waals surface area contributed by atoms with Gasteiger partial charge in [0, 0.05) is 18.0 Å². The number of benzene rings is 1. The molecule has 0 N–H and O–H groups in total. The zero-order valence-corrected chi connectivity index (χ0v) is 14.2. The van der Waals surface area contributed by atoms with E-state index in [1.807, 2.05) is 24.3 Å². The van der Waals surface area contributed by atoms with Crippen molar-refractivity contribution in [2.45, 2.75) is 24.1 Å². The van der Waals surface area contributed by atoms with Crippen LogP contribution in [-0.4, -0.2) is 33.2 Å². The topological polar surface area (TPSA) is 39.9 Å². The summed E-state index contributed by atoms with van der Waals surface area (Å²) in [5, 5.41) is 11.9. The number of nitrogens with zero attached hydrogens (tertiary/aromatic N) is 3. The smallest absolute Gasteiger partial charge is 0.196 e. The third-order valence-corrected chi connectivity index (χ3v) is 5.74. The summed E-state index contributed by atoms with van der Waals surface area (Å²) in [5.41, 5.74) is 1.09. The lowest BCUT2D eigenvalue weighted by molar-refractivity contribution is 0.129. The Morgan fingerprint density at radius 3 is 2.83 bits per heavy atom. The monoisotopic (exact) mass is 343 g/mol. The number of hydrogen-bond acceptors (Lipinski definition) is 5. The van der Waals surface area contributed by atoms with Gasteiger partial charge in [-0.05, 0) is 36.4 Å². The van der Waals surface area contributed by atoms with Crippen molar-refractivity contribution >= 4 is 23.1 Å². The Hall–Kier alpha value is -1.63. The summed E-state index contributed by atoms with van der Waals surface area (Å²) in [4.78, 5) is 1.13. The lowest BCUT2D eigenvalue weighted by Crippen LogP contribution is -2.09. The summed E-state index contributed by atoms with van der Waals surface area (Å²) in [5.74, 6) is 1.83. The third-order valence-electron chi connectivity index (χ3n) is 3.81. The molecule has 1 atom stereocenters. The maximum atomic E-state index is 5.72. The number of thiophene rings is 1. The van der Waals surface area contributed by atoms with Crippen LogP contribution in [0, 0.1) is 0 Å². The van der Waals surface area contributed by atoms with Crippen LogP contribution in [0.1, 0.15) is 12.8 Å². The second-order valence-corrected chi connectivity index (χ2v) is 7.34. The van der Waals surface area contributed by atoms with Crippen molar-refractivity contribution in [3.63, 3.8) is 0 Å². The number of para-hydroxylation sites is 1. The van der Waals surface area contributed by atoms with E-state index in [-0.39, 0.29) is 0 Å². The maximum Gasteiger partial charge on any atom is 0.196 e. The molecule has 23 heavy (non-hydrogen) atoms. The summed E-state index contributed by atoms with van der Waals surface area (Å²) in [6, 6.07) is 14.4. The fourth-order valence-corrected chi connectivity index (χ4v) is 4.40. The summed E-state index contributed by atoms with van der Waals surface area (Å²) >= 11 is 3.41. The summed E-state index contributed by atoms with van der Waals surface area (Å²) < 4.78 is 7.87. The molecule has 1 aliphatic heterocycles. The predicted molar refractivity (Wildman–Crippen MR) is 94.4 cm³/mol. The van der Waals surface area contributed by atoms with E-state index in [1.54, 1.807) is 23.1 Å². The first-order valence-corrected chi connectivity index (χ1v) is 9.57. The summed E-state index contributed by atoms with van der Waals surface area (Å²) in [7, 11) is 0. The van der Waals surface area contributed by atoms with Crippen molar-refractivity contribution in [2.24, 2.45) is 0 Å². The van der Waals surface area contributed by atoms with E-state index in [0.717, 1.165) is 46.7 Å². The van der Waals surface area contributed by atoms with Gasteiger partial charge in [-0.1, -0.05) is 36.0 Å². The number of aromatic nitrogens is 3. The Morgan fingerprint density at radius 2 is 2.09 bits per heavy atom. The molecule has 0 saturated carbocycles. The lowest BCUT2D eigenvalue weighted by atomic mass is 10.3. The molecular formula is C17H17N3OS2. The van der Waals surface area contributed by atoms with Gasteiger partial charge in [0.25, 0.3) is 0 Å². The second-order valence-electron chi connectivity index (χ2n) is 5.40. The number of thioether (sulfide) groups is 1. The van der Waals surface area contributed by atoms with Crippen LogP contribution in [0.3, 0.4) is 0 Å². The average molecular weight is 343 g/mol. The summed E-state index contributed by atoms with van der Waals surface area (Å²) in [6.45, 7) is 0.886. The van der Waals surface area contributed by atoms with Gasteiger partial charge in [-0.3, -0.25) is 4.57 Å². The molecule has 0 spiro atoms. The molecule has 1 aromatic carbocycles. The van der Waals surface area contributed by atoms with Crippen LogP contribution >= 0.6 is 23.1 Å². The van der Waals surface area contributed by atoms with Gasteiger partial charge >= 0.3 is 0 Å². The van der Waals surface area contributed by atoms with Crippen LogP contribution in [0.2, 0.25) is 0 Å². The predicted octanol–water partition coefficient (Wildman–Crippen LogP) is 4.27. The van der Waals surface area contributed by atoms with Gasteiger partial charge < -0.3 is 4.74 Å². The maximum absolute atomic E-state index is 5.72. The zero-order chi connectivity index (χ0) is 15.5. The Bertz CT molecular complexity index is 750. The molecular weight excluding hydrogens is 326 g/mol. The van der Waals surface area contributed by atoms with Crippen molar-refractivity contribution in [3.05, 3.63) is 47.8 Å². The minimum atomic E-state index is 0.339. The van der Waals surface area contributed by atoms with Crippen LogP contribution in [0.25, 0.3) is 16.4 Å².